The van der Waals surface area contributed by atoms with E-state index < -0.39 is 0 Å². The Balaban J connectivity index is 1.99. The molecule has 1 N–H and O–H groups in total. The van der Waals surface area contributed by atoms with Gasteiger partial charge >= 0.3 is 11.9 Å². The minimum Gasteiger partial charge on any atom is -0.390 e. The molecular weight excluding hydrogens is 220 g/mol. The van der Waals surface area contributed by atoms with E-state index in [4.69, 9.17) is 9.26 Å². The third-order valence-electron chi connectivity index (χ3n) is 2.80. The highest BCUT2D eigenvalue weighted by Crippen LogP contribution is 2.25. The monoisotopic (exact) mass is 238 g/mol. The van der Waals surface area contributed by atoms with Gasteiger partial charge in [0.2, 0.25) is 0 Å². The van der Waals surface area contributed by atoms with Crippen LogP contribution in [0.1, 0.15) is 39.3 Å². The summed E-state index contributed by atoms with van der Waals surface area (Å²) in [7, 11) is 0. The van der Waals surface area contributed by atoms with Gasteiger partial charge in [0.05, 0.1) is 5.69 Å². The number of esters is 1. The summed E-state index contributed by atoms with van der Waals surface area (Å²) in [6, 6.07) is 1.46. The number of hydrogen-bond donors (Lipinski definition) is 1. The van der Waals surface area contributed by atoms with Gasteiger partial charge in [0.1, 0.15) is 6.04 Å². The van der Waals surface area contributed by atoms with Crippen LogP contribution < -0.4 is 10.1 Å². The minimum absolute atomic E-state index is 0.111. The number of ether oxygens (including phenoxy) is 1. The molecule has 0 bridgehead atoms. The molecule has 0 amide bonds. The van der Waals surface area contributed by atoms with E-state index in [0.717, 1.165) is 25.1 Å². The van der Waals surface area contributed by atoms with Crippen LogP contribution in [0.4, 0.5) is 0 Å². The fourth-order valence-corrected chi connectivity index (χ4v) is 1.72. The van der Waals surface area contributed by atoms with Gasteiger partial charge in [-0.1, -0.05) is 25.9 Å². The zero-order valence-corrected chi connectivity index (χ0v) is 10.4. The molecule has 0 aromatic carbocycles. The highest BCUT2D eigenvalue weighted by atomic mass is 16.7. The fraction of sp³-hybridized carbons (Fsp3) is 0.667. The second kappa shape index (κ2) is 4.49. The summed E-state index contributed by atoms with van der Waals surface area (Å²) in [6.45, 7) is 6.93. The summed E-state index contributed by atoms with van der Waals surface area (Å²) >= 11 is 0. The van der Waals surface area contributed by atoms with Gasteiger partial charge in [0.15, 0.2) is 0 Å². The summed E-state index contributed by atoms with van der Waals surface area (Å²) < 4.78 is 10.1. The molecule has 1 aromatic rings. The number of carbonyl (C=O) groups is 1. The van der Waals surface area contributed by atoms with Gasteiger partial charge in [-0.25, -0.2) is 4.79 Å². The van der Waals surface area contributed by atoms with Crippen LogP contribution in [0.5, 0.6) is 5.95 Å². The summed E-state index contributed by atoms with van der Waals surface area (Å²) in [4.78, 5) is 11.7. The van der Waals surface area contributed by atoms with Crippen LogP contribution in [0.15, 0.2) is 10.6 Å². The smallest absolute Gasteiger partial charge is 0.330 e. The topological polar surface area (TPSA) is 64.4 Å². The largest absolute Gasteiger partial charge is 0.390 e. The molecule has 2 rings (SSSR count). The molecule has 1 fully saturated rings. The second-order valence-corrected chi connectivity index (χ2v) is 5.35. The molecule has 1 aliphatic rings. The van der Waals surface area contributed by atoms with Gasteiger partial charge in [0.25, 0.3) is 0 Å². The lowest BCUT2D eigenvalue weighted by Crippen LogP contribution is -2.34. The van der Waals surface area contributed by atoms with Crippen LogP contribution in [0.2, 0.25) is 0 Å². The predicted octanol–water partition coefficient (Wildman–Crippen LogP) is 1.63. The molecule has 5 nitrogen and oxygen atoms in total. The van der Waals surface area contributed by atoms with Crippen LogP contribution in [0, 0.1) is 0 Å². The number of nitrogens with zero attached hydrogens (tertiary/aromatic N) is 1. The Labute approximate surface area is 101 Å². The first-order chi connectivity index (χ1) is 7.97. The van der Waals surface area contributed by atoms with Crippen molar-refractivity contribution in [3.63, 3.8) is 0 Å². The molecule has 1 atom stereocenters. The van der Waals surface area contributed by atoms with E-state index in [1.165, 1.54) is 0 Å². The average Bonchev–Trinajstić information content (AvgIpc) is 2.85. The molecule has 0 radical (unpaired) electrons. The van der Waals surface area contributed by atoms with Crippen molar-refractivity contribution in [2.75, 3.05) is 6.54 Å². The zero-order chi connectivity index (χ0) is 12.5. The molecule has 17 heavy (non-hydrogen) atoms. The first-order valence-electron chi connectivity index (χ1n) is 5.89. The van der Waals surface area contributed by atoms with Crippen molar-refractivity contribution in [3.05, 3.63) is 11.8 Å². The Morgan fingerprint density at radius 2 is 2.35 bits per heavy atom. The fourth-order valence-electron chi connectivity index (χ4n) is 1.72. The molecule has 1 unspecified atom stereocenters. The first kappa shape index (κ1) is 12.1. The highest BCUT2D eigenvalue weighted by Gasteiger charge is 2.26. The Morgan fingerprint density at radius 3 is 2.88 bits per heavy atom. The van der Waals surface area contributed by atoms with E-state index in [2.05, 4.69) is 10.5 Å². The van der Waals surface area contributed by atoms with E-state index >= 15 is 0 Å². The van der Waals surface area contributed by atoms with Crippen LogP contribution in [-0.4, -0.2) is 23.7 Å². The number of nitrogens with one attached hydrogen (secondary N) is 1. The summed E-state index contributed by atoms with van der Waals surface area (Å²) in [5.41, 5.74) is 0.666. The maximum atomic E-state index is 11.7. The van der Waals surface area contributed by atoms with E-state index in [1.54, 1.807) is 6.07 Å². The SMILES string of the molecule is CC(C)(C)c1cc(OC(=O)C2CCCN2)on1. The van der Waals surface area contributed by atoms with Crippen LogP contribution in [0.25, 0.3) is 0 Å². The lowest BCUT2D eigenvalue weighted by Gasteiger charge is -2.12. The van der Waals surface area contributed by atoms with Gasteiger partial charge in [-0.2, -0.15) is 0 Å². The Morgan fingerprint density at radius 1 is 1.59 bits per heavy atom. The maximum absolute atomic E-state index is 11.7. The Hall–Kier alpha value is -1.36. The highest BCUT2D eigenvalue weighted by molar-refractivity contribution is 5.78. The first-order valence-corrected chi connectivity index (χ1v) is 5.89. The van der Waals surface area contributed by atoms with Gasteiger partial charge in [-0.3, -0.25) is 0 Å². The molecule has 2 heterocycles. The molecule has 0 aliphatic carbocycles. The Bertz CT molecular complexity index is 400. The summed E-state index contributed by atoms with van der Waals surface area (Å²) in [5.74, 6) is -0.118. The summed E-state index contributed by atoms with van der Waals surface area (Å²) in [5, 5.41) is 6.97. The quantitative estimate of drug-likeness (QED) is 0.793. The molecular formula is C12H18N2O3. The second-order valence-electron chi connectivity index (χ2n) is 5.35. The Kier molecular flexibility index (Phi) is 3.19. The third-order valence-corrected chi connectivity index (χ3v) is 2.80. The average molecular weight is 238 g/mol. The minimum atomic E-state index is -0.292. The lowest BCUT2D eigenvalue weighted by molar-refractivity contribution is -0.137. The normalized spacial score (nSPS) is 20.5. The van der Waals surface area contributed by atoms with Crippen LogP contribution >= 0.6 is 0 Å². The van der Waals surface area contributed by atoms with Crippen molar-refractivity contribution in [3.8, 4) is 5.95 Å². The molecule has 1 aliphatic heterocycles. The molecule has 5 heteroatoms. The van der Waals surface area contributed by atoms with Crippen LogP contribution in [-0.2, 0) is 10.2 Å². The predicted molar refractivity (Wildman–Crippen MR) is 61.9 cm³/mol. The van der Waals surface area contributed by atoms with E-state index in [-0.39, 0.29) is 23.4 Å². The molecule has 1 aromatic heterocycles. The van der Waals surface area contributed by atoms with E-state index in [0.29, 0.717) is 0 Å². The van der Waals surface area contributed by atoms with Crippen molar-refractivity contribution in [2.45, 2.75) is 45.1 Å². The van der Waals surface area contributed by atoms with Gasteiger partial charge in [-0.15, -0.1) is 0 Å². The van der Waals surface area contributed by atoms with Gasteiger partial charge < -0.3 is 14.6 Å². The van der Waals surface area contributed by atoms with Gasteiger partial charge in [-0.05, 0) is 19.4 Å². The van der Waals surface area contributed by atoms with Gasteiger partial charge in [0, 0.05) is 11.5 Å². The van der Waals surface area contributed by atoms with Crippen molar-refractivity contribution in [2.24, 2.45) is 0 Å². The van der Waals surface area contributed by atoms with Crippen molar-refractivity contribution >= 4 is 5.97 Å². The zero-order valence-electron chi connectivity index (χ0n) is 10.4. The molecule has 1 saturated heterocycles. The number of carbonyl (C=O) groups excluding carboxylic acids is 1. The molecule has 0 spiro atoms. The lowest BCUT2D eigenvalue weighted by atomic mass is 9.93. The standard InChI is InChI=1S/C12H18N2O3/c1-12(2,3)9-7-10(17-14-9)16-11(15)8-5-4-6-13-8/h7-8,13H,4-6H2,1-3H3. The van der Waals surface area contributed by atoms with Crippen LogP contribution in [0.3, 0.4) is 0 Å². The summed E-state index contributed by atoms with van der Waals surface area (Å²) in [6.07, 6.45) is 1.82. The molecule has 0 saturated carbocycles. The number of rotatable bonds is 2. The third kappa shape index (κ3) is 2.85. The maximum Gasteiger partial charge on any atom is 0.330 e. The number of hydrogen-bond acceptors (Lipinski definition) is 5. The van der Waals surface area contributed by atoms with E-state index in [9.17, 15) is 4.79 Å². The molecule has 94 valence electrons. The van der Waals surface area contributed by atoms with Crippen molar-refractivity contribution in [1.29, 1.82) is 0 Å². The van der Waals surface area contributed by atoms with Crippen molar-refractivity contribution in [1.82, 2.24) is 10.5 Å². The van der Waals surface area contributed by atoms with E-state index in [1.807, 2.05) is 20.8 Å². The van der Waals surface area contributed by atoms with Crippen molar-refractivity contribution < 1.29 is 14.1 Å². The number of aromatic nitrogens is 1.